The van der Waals surface area contributed by atoms with Gasteiger partial charge in [-0.15, -0.1) is 0 Å². The summed E-state index contributed by atoms with van der Waals surface area (Å²) in [6, 6.07) is 19.6. The molecule has 0 aliphatic carbocycles. The molecule has 0 radical (unpaired) electrons. The molecule has 0 fully saturated rings. The maximum atomic E-state index is 12.5. The van der Waals surface area contributed by atoms with Gasteiger partial charge in [-0.1, -0.05) is 61.5 Å². The molecular formula is C23H25N3O3. The Balaban J connectivity index is 1.73. The summed E-state index contributed by atoms with van der Waals surface area (Å²) in [5.74, 6) is -1.73. The molecule has 0 saturated heterocycles. The molecule has 6 nitrogen and oxygen atoms in total. The number of aliphatic carboxylic acids is 1. The fourth-order valence-electron chi connectivity index (χ4n) is 3.26. The van der Waals surface area contributed by atoms with Gasteiger partial charge in [0.1, 0.15) is 5.69 Å². The summed E-state index contributed by atoms with van der Waals surface area (Å²) in [6.07, 6.45) is 2.59. The normalized spacial score (nSPS) is 12.9. The summed E-state index contributed by atoms with van der Waals surface area (Å²) in [4.78, 5) is 23.8. The van der Waals surface area contributed by atoms with E-state index in [1.165, 1.54) is 0 Å². The SMILES string of the molecule is C[C@H](C[C@@H](Cc1ccc(-c2ccccc2)cc1)NC(=O)c1ccn(C)n1)C(=O)O. The van der Waals surface area contributed by atoms with Crippen LogP contribution >= 0.6 is 0 Å². The van der Waals surface area contributed by atoms with Crippen LogP contribution in [0.5, 0.6) is 0 Å². The highest BCUT2D eigenvalue weighted by molar-refractivity contribution is 5.92. The predicted octanol–water partition coefficient (Wildman–Crippen LogP) is 3.54. The van der Waals surface area contributed by atoms with Crippen molar-refractivity contribution in [3.63, 3.8) is 0 Å². The van der Waals surface area contributed by atoms with Crippen LogP contribution in [-0.2, 0) is 18.3 Å². The molecule has 3 rings (SSSR count). The van der Waals surface area contributed by atoms with Crippen LogP contribution in [0.2, 0.25) is 0 Å². The Morgan fingerprint density at radius 3 is 2.28 bits per heavy atom. The fraction of sp³-hybridized carbons (Fsp3) is 0.261. The van der Waals surface area contributed by atoms with Crippen LogP contribution in [0.3, 0.4) is 0 Å². The number of carbonyl (C=O) groups excluding carboxylic acids is 1. The van der Waals surface area contributed by atoms with Gasteiger partial charge in [-0.2, -0.15) is 5.10 Å². The number of carboxylic acids is 1. The standard InChI is InChI=1S/C23H25N3O3/c1-16(23(28)29)14-20(24-22(27)21-12-13-26(2)25-21)15-17-8-10-19(11-9-17)18-6-4-3-5-7-18/h3-13,16,20H,14-15H2,1-2H3,(H,24,27)(H,28,29)/t16-,20+/m1/s1. The molecule has 2 aromatic carbocycles. The third-order valence-electron chi connectivity index (χ3n) is 4.88. The number of carboxylic acid groups (broad SMARTS) is 1. The van der Waals surface area contributed by atoms with E-state index in [0.717, 1.165) is 16.7 Å². The van der Waals surface area contributed by atoms with Crippen LogP contribution in [-0.4, -0.2) is 32.8 Å². The Morgan fingerprint density at radius 1 is 1.03 bits per heavy atom. The number of carbonyl (C=O) groups is 2. The molecule has 0 aliphatic rings. The molecule has 1 amide bonds. The van der Waals surface area contributed by atoms with E-state index in [1.807, 2.05) is 42.5 Å². The highest BCUT2D eigenvalue weighted by Gasteiger charge is 2.22. The van der Waals surface area contributed by atoms with Gasteiger partial charge in [-0.3, -0.25) is 14.3 Å². The van der Waals surface area contributed by atoms with Gasteiger partial charge in [0.25, 0.3) is 5.91 Å². The minimum atomic E-state index is -0.874. The summed E-state index contributed by atoms with van der Waals surface area (Å²) in [6.45, 7) is 1.65. The second-order valence-electron chi connectivity index (χ2n) is 7.29. The van der Waals surface area contributed by atoms with Crippen molar-refractivity contribution >= 4 is 11.9 Å². The average Bonchev–Trinajstić information content (AvgIpc) is 3.15. The molecule has 0 aliphatic heterocycles. The second-order valence-corrected chi connectivity index (χ2v) is 7.29. The van der Waals surface area contributed by atoms with Crippen LogP contribution in [0.4, 0.5) is 0 Å². The van der Waals surface area contributed by atoms with Crippen LogP contribution in [0.1, 0.15) is 29.4 Å². The average molecular weight is 391 g/mol. The van der Waals surface area contributed by atoms with Gasteiger partial charge in [-0.05, 0) is 35.6 Å². The molecule has 0 saturated carbocycles. The Labute approximate surface area is 170 Å². The molecule has 29 heavy (non-hydrogen) atoms. The van der Waals surface area contributed by atoms with Crippen molar-refractivity contribution in [1.82, 2.24) is 15.1 Å². The molecule has 2 N–H and O–H groups in total. The van der Waals surface area contributed by atoms with E-state index >= 15 is 0 Å². The number of hydrogen-bond acceptors (Lipinski definition) is 3. The third kappa shape index (κ3) is 5.54. The van der Waals surface area contributed by atoms with Crippen molar-refractivity contribution in [3.8, 4) is 11.1 Å². The Hall–Kier alpha value is -3.41. The van der Waals surface area contributed by atoms with Crippen molar-refractivity contribution in [1.29, 1.82) is 0 Å². The van der Waals surface area contributed by atoms with Gasteiger partial charge >= 0.3 is 5.97 Å². The van der Waals surface area contributed by atoms with Crippen molar-refractivity contribution in [2.45, 2.75) is 25.8 Å². The first kappa shape index (κ1) is 20.3. The lowest BCUT2D eigenvalue weighted by atomic mass is 9.95. The number of aryl methyl sites for hydroxylation is 1. The maximum Gasteiger partial charge on any atom is 0.306 e. The summed E-state index contributed by atoms with van der Waals surface area (Å²) in [5, 5.41) is 16.4. The molecule has 1 aromatic heterocycles. The number of nitrogens with one attached hydrogen (secondary N) is 1. The largest absolute Gasteiger partial charge is 0.481 e. The highest BCUT2D eigenvalue weighted by atomic mass is 16.4. The number of rotatable bonds is 8. The van der Waals surface area contributed by atoms with Gasteiger partial charge < -0.3 is 10.4 Å². The molecule has 0 unspecified atom stereocenters. The maximum absolute atomic E-state index is 12.5. The first-order valence-electron chi connectivity index (χ1n) is 9.60. The monoisotopic (exact) mass is 391 g/mol. The molecule has 6 heteroatoms. The van der Waals surface area contributed by atoms with E-state index in [2.05, 4.69) is 22.5 Å². The first-order valence-corrected chi connectivity index (χ1v) is 9.60. The van der Waals surface area contributed by atoms with E-state index in [4.69, 9.17) is 0 Å². The van der Waals surface area contributed by atoms with Gasteiger partial charge in [0.05, 0.1) is 5.92 Å². The first-order chi connectivity index (χ1) is 13.9. The number of benzene rings is 2. The topological polar surface area (TPSA) is 84.2 Å². The summed E-state index contributed by atoms with van der Waals surface area (Å²) in [5.41, 5.74) is 3.61. The third-order valence-corrected chi connectivity index (χ3v) is 4.88. The van der Waals surface area contributed by atoms with Crippen LogP contribution in [0.15, 0.2) is 66.9 Å². The smallest absolute Gasteiger partial charge is 0.306 e. The zero-order valence-electron chi connectivity index (χ0n) is 16.6. The molecule has 0 bridgehead atoms. The van der Waals surface area contributed by atoms with E-state index in [-0.39, 0.29) is 11.9 Å². The number of amides is 1. The lowest BCUT2D eigenvalue weighted by molar-refractivity contribution is -0.141. The quantitative estimate of drug-likeness (QED) is 0.615. The molecule has 150 valence electrons. The number of nitrogens with zero attached hydrogens (tertiary/aromatic N) is 2. The van der Waals surface area contributed by atoms with Crippen molar-refractivity contribution in [2.24, 2.45) is 13.0 Å². The van der Waals surface area contributed by atoms with E-state index in [1.54, 1.807) is 30.9 Å². The van der Waals surface area contributed by atoms with Crippen LogP contribution < -0.4 is 5.32 Å². The summed E-state index contributed by atoms with van der Waals surface area (Å²) in [7, 11) is 1.75. The Bertz CT molecular complexity index is 965. The van der Waals surface area contributed by atoms with Crippen LogP contribution in [0, 0.1) is 5.92 Å². The summed E-state index contributed by atoms with van der Waals surface area (Å²) >= 11 is 0. The number of hydrogen-bond donors (Lipinski definition) is 2. The van der Waals surface area contributed by atoms with Crippen molar-refractivity contribution < 1.29 is 14.7 Å². The predicted molar refractivity (Wildman–Crippen MR) is 111 cm³/mol. The summed E-state index contributed by atoms with van der Waals surface area (Å²) < 4.78 is 1.56. The second kappa shape index (κ2) is 9.19. The molecule has 3 aromatic rings. The van der Waals surface area contributed by atoms with Gasteiger partial charge in [0.2, 0.25) is 0 Å². The van der Waals surface area contributed by atoms with Crippen molar-refractivity contribution in [2.75, 3.05) is 0 Å². The van der Waals surface area contributed by atoms with Crippen LogP contribution in [0.25, 0.3) is 11.1 Å². The van der Waals surface area contributed by atoms with E-state index in [0.29, 0.717) is 18.5 Å². The fourth-order valence-corrected chi connectivity index (χ4v) is 3.26. The zero-order chi connectivity index (χ0) is 20.8. The number of aromatic nitrogens is 2. The van der Waals surface area contributed by atoms with E-state index < -0.39 is 11.9 Å². The van der Waals surface area contributed by atoms with Crippen molar-refractivity contribution in [3.05, 3.63) is 78.1 Å². The Kier molecular flexibility index (Phi) is 6.44. The molecule has 1 heterocycles. The van der Waals surface area contributed by atoms with Gasteiger partial charge in [0, 0.05) is 19.3 Å². The van der Waals surface area contributed by atoms with Gasteiger partial charge in [0.15, 0.2) is 0 Å². The minimum Gasteiger partial charge on any atom is -0.481 e. The zero-order valence-corrected chi connectivity index (χ0v) is 16.6. The molecule has 0 spiro atoms. The minimum absolute atomic E-state index is 0.297. The molecule has 2 atom stereocenters. The van der Waals surface area contributed by atoms with Gasteiger partial charge in [-0.25, -0.2) is 0 Å². The molecular weight excluding hydrogens is 366 g/mol. The lowest BCUT2D eigenvalue weighted by Gasteiger charge is -2.20. The van der Waals surface area contributed by atoms with E-state index in [9.17, 15) is 14.7 Å². The lowest BCUT2D eigenvalue weighted by Crippen LogP contribution is -2.38. The highest BCUT2D eigenvalue weighted by Crippen LogP contribution is 2.20. The Morgan fingerprint density at radius 2 is 1.69 bits per heavy atom.